The molecule has 0 amide bonds. The van der Waals surface area contributed by atoms with Gasteiger partial charge in [-0.15, -0.1) is 11.8 Å². The van der Waals surface area contributed by atoms with Gasteiger partial charge in [-0.3, -0.25) is 4.99 Å². The van der Waals surface area contributed by atoms with Crippen LogP contribution in [0.3, 0.4) is 0 Å². The van der Waals surface area contributed by atoms with Crippen LogP contribution in [0.1, 0.15) is 10.4 Å². The fourth-order valence-corrected chi connectivity index (χ4v) is 2.00. The first kappa shape index (κ1) is 8.31. The Balaban J connectivity index is 2.60. The first-order valence-corrected chi connectivity index (χ1v) is 4.79. The van der Waals surface area contributed by atoms with Gasteiger partial charge in [0.25, 0.3) is 0 Å². The summed E-state index contributed by atoms with van der Waals surface area (Å²) in [5.74, 6) is -0.104. The van der Waals surface area contributed by atoms with Crippen molar-refractivity contribution in [2.75, 3.05) is 5.75 Å². The SMILES string of the molecule is O=C(O)c1cccc2c1N=CCS2. The predicted octanol–water partition coefficient (Wildman–Crippen LogP) is 2.19. The molecule has 0 spiro atoms. The van der Waals surface area contributed by atoms with E-state index in [0.717, 1.165) is 10.6 Å². The lowest BCUT2D eigenvalue weighted by atomic mass is 10.2. The zero-order valence-corrected chi connectivity index (χ0v) is 7.54. The molecule has 1 aromatic carbocycles. The van der Waals surface area contributed by atoms with Crippen LogP contribution in [0.25, 0.3) is 0 Å². The van der Waals surface area contributed by atoms with Crippen LogP contribution in [0.5, 0.6) is 0 Å². The van der Waals surface area contributed by atoms with Crippen molar-refractivity contribution in [3.05, 3.63) is 23.8 Å². The summed E-state index contributed by atoms with van der Waals surface area (Å²) in [6.45, 7) is 0. The monoisotopic (exact) mass is 193 g/mol. The van der Waals surface area contributed by atoms with Crippen molar-refractivity contribution in [3.63, 3.8) is 0 Å². The van der Waals surface area contributed by atoms with Crippen LogP contribution in [0, 0.1) is 0 Å². The largest absolute Gasteiger partial charge is 0.478 e. The van der Waals surface area contributed by atoms with Gasteiger partial charge in [-0.1, -0.05) is 6.07 Å². The van der Waals surface area contributed by atoms with Gasteiger partial charge in [0.05, 0.1) is 11.3 Å². The lowest BCUT2D eigenvalue weighted by Gasteiger charge is -2.10. The third-order valence-electron chi connectivity index (χ3n) is 1.76. The van der Waals surface area contributed by atoms with Crippen molar-refractivity contribution in [2.24, 2.45) is 4.99 Å². The van der Waals surface area contributed by atoms with E-state index in [2.05, 4.69) is 4.99 Å². The van der Waals surface area contributed by atoms with Gasteiger partial charge < -0.3 is 5.11 Å². The normalized spacial score (nSPS) is 13.8. The Hall–Kier alpha value is -1.29. The maximum absolute atomic E-state index is 10.8. The predicted molar refractivity (Wildman–Crippen MR) is 52.3 cm³/mol. The summed E-state index contributed by atoms with van der Waals surface area (Å²) < 4.78 is 0. The molecule has 0 fully saturated rings. The number of aliphatic imine (C=N–C) groups is 1. The maximum atomic E-state index is 10.8. The fourth-order valence-electron chi connectivity index (χ4n) is 1.20. The summed E-state index contributed by atoms with van der Waals surface area (Å²) in [5.41, 5.74) is 0.868. The van der Waals surface area contributed by atoms with Crippen LogP contribution >= 0.6 is 11.8 Å². The first-order chi connectivity index (χ1) is 6.29. The molecule has 2 rings (SSSR count). The number of para-hydroxylation sites is 1. The van der Waals surface area contributed by atoms with Crippen LogP contribution in [0.4, 0.5) is 5.69 Å². The standard InChI is InChI=1S/C9H7NO2S/c11-9(12)6-2-1-3-7-8(6)10-4-5-13-7/h1-4H,5H2,(H,11,12). The number of carboxylic acid groups (broad SMARTS) is 1. The molecule has 0 bridgehead atoms. The molecule has 1 N–H and O–H groups in total. The van der Waals surface area contributed by atoms with Crippen molar-refractivity contribution >= 4 is 29.6 Å². The quantitative estimate of drug-likeness (QED) is 0.743. The highest BCUT2D eigenvalue weighted by Gasteiger charge is 2.14. The number of carbonyl (C=O) groups is 1. The number of fused-ring (bicyclic) bond motifs is 1. The second kappa shape index (κ2) is 3.22. The van der Waals surface area contributed by atoms with Crippen molar-refractivity contribution in [1.29, 1.82) is 0 Å². The van der Waals surface area contributed by atoms with E-state index in [-0.39, 0.29) is 5.56 Å². The van der Waals surface area contributed by atoms with Gasteiger partial charge in [0.15, 0.2) is 0 Å². The zero-order valence-electron chi connectivity index (χ0n) is 6.73. The van der Waals surface area contributed by atoms with Gasteiger partial charge >= 0.3 is 5.97 Å². The van der Waals surface area contributed by atoms with Gasteiger partial charge in [-0.2, -0.15) is 0 Å². The van der Waals surface area contributed by atoms with Gasteiger partial charge in [0.2, 0.25) is 0 Å². The molecule has 1 aliphatic rings. The molecule has 66 valence electrons. The first-order valence-electron chi connectivity index (χ1n) is 3.80. The molecule has 13 heavy (non-hydrogen) atoms. The molecule has 0 saturated carbocycles. The minimum atomic E-state index is -0.920. The fraction of sp³-hybridized carbons (Fsp3) is 0.111. The third-order valence-corrected chi connectivity index (χ3v) is 2.72. The second-order valence-electron chi connectivity index (χ2n) is 2.58. The second-order valence-corrected chi connectivity index (χ2v) is 3.64. The van der Waals surface area contributed by atoms with Gasteiger partial charge in [0, 0.05) is 16.9 Å². The third kappa shape index (κ3) is 1.45. The summed E-state index contributed by atoms with van der Waals surface area (Å²) in [4.78, 5) is 15.8. The average Bonchev–Trinajstić information content (AvgIpc) is 2.17. The van der Waals surface area contributed by atoms with E-state index in [9.17, 15) is 4.79 Å². The number of rotatable bonds is 1. The molecule has 0 aromatic heterocycles. The number of nitrogens with zero attached hydrogens (tertiary/aromatic N) is 1. The number of hydrogen-bond acceptors (Lipinski definition) is 3. The van der Waals surface area contributed by atoms with Crippen LogP contribution in [-0.4, -0.2) is 23.0 Å². The lowest BCUT2D eigenvalue weighted by molar-refractivity contribution is 0.0697. The van der Waals surface area contributed by atoms with E-state index in [0.29, 0.717) is 5.69 Å². The molecule has 0 saturated heterocycles. The average molecular weight is 193 g/mol. The van der Waals surface area contributed by atoms with Crippen LogP contribution in [0.2, 0.25) is 0 Å². The Morgan fingerprint density at radius 3 is 3.15 bits per heavy atom. The number of carboxylic acids is 1. The molecule has 3 nitrogen and oxygen atoms in total. The lowest BCUT2D eigenvalue weighted by Crippen LogP contribution is -1.99. The molecule has 1 aromatic rings. The summed E-state index contributed by atoms with van der Waals surface area (Å²) >= 11 is 1.61. The minimum Gasteiger partial charge on any atom is -0.478 e. The van der Waals surface area contributed by atoms with Crippen molar-refractivity contribution in [2.45, 2.75) is 4.90 Å². The van der Waals surface area contributed by atoms with Crippen molar-refractivity contribution in [1.82, 2.24) is 0 Å². The highest BCUT2D eigenvalue weighted by molar-refractivity contribution is 8.00. The van der Waals surface area contributed by atoms with E-state index in [1.54, 1.807) is 30.1 Å². The smallest absolute Gasteiger partial charge is 0.337 e. The molecule has 1 aliphatic heterocycles. The number of aromatic carboxylic acids is 1. The molecule has 0 radical (unpaired) electrons. The van der Waals surface area contributed by atoms with E-state index in [1.807, 2.05) is 6.07 Å². The van der Waals surface area contributed by atoms with Crippen LogP contribution in [0.15, 0.2) is 28.1 Å². The van der Waals surface area contributed by atoms with Gasteiger partial charge in [0.1, 0.15) is 0 Å². The van der Waals surface area contributed by atoms with E-state index in [1.165, 1.54) is 0 Å². The highest BCUT2D eigenvalue weighted by atomic mass is 32.2. The summed E-state index contributed by atoms with van der Waals surface area (Å²) in [6, 6.07) is 5.21. The molecule has 0 unspecified atom stereocenters. The van der Waals surface area contributed by atoms with Crippen molar-refractivity contribution in [3.8, 4) is 0 Å². The van der Waals surface area contributed by atoms with Gasteiger partial charge in [-0.25, -0.2) is 4.79 Å². The number of hydrogen-bond donors (Lipinski definition) is 1. The van der Waals surface area contributed by atoms with Crippen LogP contribution in [-0.2, 0) is 0 Å². The topological polar surface area (TPSA) is 49.7 Å². The van der Waals surface area contributed by atoms with Gasteiger partial charge in [-0.05, 0) is 12.1 Å². The Morgan fingerprint density at radius 1 is 1.54 bits per heavy atom. The Kier molecular flexibility index (Phi) is 2.06. The molecule has 0 atom stereocenters. The molecular weight excluding hydrogens is 186 g/mol. The Morgan fingerprint density at radius 2 is 2.38 bits per heavy atom. The zero-order chi connectivity index (χ0) is 9.26. The summed E-state index contributed by atoms with van der Waals surface area (Å²) in [6.07, 6.45) is 1.74. The van der Waals surface area contributed by atoms with Crippen LogP contribution < -0.4 is 0 Å². The van der Waals surface area contributed by atoms with Crippen molar-refractivity contribution < 1.29 is 9.90 Å². The highest BCUT2D eigenvalue weighted by Crippen LogP contribution is 2.34. The maximum Gasteiger partial charge on any atom is 0.337 e. The summed E-state index contributed by atoms with van der Waals surface area (Å²) in [7, 11) is 0. The number of thioether (sulfide) groups is 1. The molecule has 4 heteroatoms. The summed E-state index contributed by atoms with van der Waals surface area (Å²) in [5, 5.41) is 8.86. The Labute approximate surface area is 79.5 Å². The Bertz CT molecular complexity index is 387. The minimum absolute atomic E-state index is 0.279. The molecule has 1 heterocycles. The number of benzene rings is 1. The van der Waals surface area contributed by atoms with E-state index >= 15 is 0 Å². The molecular formula is C9H7NO2S. The molecule has 0 aliphatic carbocycles. The van der Waals surface area contributed by atoms with E-state index < -0.39 is 5.97 Å². The van der Waals surface area contributed by atoms with E-state index in [4.69, 9.17) is 5.11 Å².